The number of alkyl halides is 6. The zero-order valence-electron chi connectivity index (χ0n) is 11.3. The summed E-state index contributed by atoms with van der Waals surface area (Å²) in [6.07, 6.45) is -8.66. The third kappa shape index (κ3) is 3.69. The standard InChI is InChI=1S/C13H8F6N2OS/c1-23-7-4-2-6(3-5-7)8-9(12(14,15)16)20-11(13(17,18)19)21-10(8)22/h2-5H,1H3,(H,20,21,22). The molecule has 0 bridgehead atoms. The third-order valence-electron chi connectivity index (χ3n) is 2.84. The van der Waals surface area contributed by atoms with Gasteiger partial charge in [0.2, 0.25) is 5.82 Å². The number of nitrogens with zero attached hydrogens (tertiary/aromatic N) is 1. The summed E-state index contributed by atoms with van der Waals surface area (Å²) < 4.78 is 76.8. The monoisotopic (exact) mass is 354 g/mol. The second-order valence-corrected chi connectivity index (χ2v) is 5.24. The molecular weight excluding hydrogens is 346 g/mol. The van der Waals surface area contributed by atoms with Crippen molar-refractivity contribution in [3.63, 3.8) is 0 Å². The van der Waals surface area contributed by atoms with Crippen molar-refractivity contribution in [2.24, 2.45) is 0 Å². The van der Waals surface area contributed by atoms with Gasteiger partial charge in [0.1, 0.15) is 0 Å². The van der Waals surface area contributed by atoms with Crippen LogP contribution >= 0.6 is 11.8 Å². The van der Waals surface area contributed by atoms with E-state index in [-0.39, 0.29) is 5.56 Å². The molecule has 0 atom stereocenters. The van der Waals surface area contributed by atoms with E-state index in [1.165, 1.54) is 41.0 Å². The third-order valence-corrected chi connectivity index (χ3v) is 3.58. The number of thioether (sulfide) groups is 1. The van der Waals surface area contributed by atoms with Gasteiger partial charge in [-0.05, 0) is 24.0 Å². The van der Waals surface area contributed by atoms with Gasteiger partial charge in [0.15, 0.2) is 5.69 Å². The summed E-state index contributed by atoms with van der Waals surface area (Å²) in [5.74, 6) is -1.99. The topological polar surface area (TPSA) is 45.8 Å². The van der Waals surface area contributed by atoms with Crippen molar-refractivity contribution in [1.82, 2.24) is 9.97 Å². The Bertz CT molecular complexity index is 764. The number of aromatic amines is 1. The summed E-state index contributed by atoms with van der Waals surface area (Å²) in [5.41, 5.74) is -4.49. The van der Waals surface area contributed by atoms with Crippen LogP contribution in [0.3, 0.4) is 0 Å². The number of hydrogen-bond acceptors (Lipinski definition) is 3. The van der Waals surface area contributed by atoms with Gasteiger partial charge in [0.25, 0.3) is 5.56 Å². The van der Waals surface area contributed by atoms with Crippen LogP contribution in [0.1, 0.15) is 11.5 Å². The van der Waals surface area contributed by atoms with Crippen LogP contribution in [0.25, 0.3) is 11.1 Å². The van der Waals surface area contributed by atoms with Crippen molar-refractivity contribution in [3.8, 4) is 11.1 Å². The highest BCUT2D eigenvalue weighted by atomic mass is 32.2. The molecule has 2 rings (SSSR count). The maximum atomic E-state index is 13.0. The molecule has 1 N–H and O–H groups in total. The first-order chi connectivity index (χ1) is 10.5. The predicted molar refractivity (Wildman–Crippen MR) is 72.1 cm³/mol. The summed E-state index contributed by atoms with van der Waals surface area (Å²) in [4.78, 5) is 16.5. The number of benzene rings is 1. The molecule has 1 heterocycles. The Morgan fingerprint density at radius 3 is 2.00 bits per heavy atom. The SMILES string of the molecule is CSc1ccc(-c2c(C(F)(F)F)nc(C(F)(F)F)[nH]c2=O)cc1. The second-order valence-electron chi connectivity index (χ2n) is 4.36. The lowest BCUT2D eigenvalue weighted by molar-refractivity contribution is -0.152. The molecule has 0 radical (unpaired) electrons. The van der Waals surface area contributed by atoms with Crippen LogP contribution in [0.2, 0.25) is 0 Å². The van der Waals surface area contributed by atoms with Crippen LogP contribution in [0, 0.1) is 0 Å². The summed E-state index contributed by atoms with van der Waals surface area (Å²) in [7, 11) is 0. The number of H-pyrrole nitrogens is 1. The summed E-state index contributed by atoms with van der Waals surface area (Å²) in [5, 5.41) is 0. The Labute approximate surface area is 129 Å². The van der Waals surface area contributed by atoms with Gasteiger partial charge in [0.05, 0.1) is 5.56 Å². The van der Waals surface area contributed by atoms with E-state index in [0.717, 1.165) is 4.90 Å². The molecule has 0 aliphatic heterocycles. The highest BCUT2D eigenvalue weighted by Gasteiger charge is 2.42. The smallest absolute Gasteiger partial charge is 0.302 e. The first-order valence-corrected chi connectivity index (χ1v) is 7.19. The quantitative estimate of drug-likeness (QED) is 0.650. The van der Waals surface area contributed by atoms with Gasteiger partial charge < -0.3 is 4.98 Å². The molecule has 2 aromatic rings. The van der Waals surface area contributed by atoms with Crippen LogP contribution in [0.4, 0.5) is 26.3 Å². The van der Waals surface area contributed by atoms with E-state index < -0.39 is 35.0 Å². The van der Waals surface area contributed by atoms with Crippen molar-refractivity contribution in [2.75, 3.05) is 6.26 Å². The Hall–Kier alpha value is -1.97. The Morgan fingerprint density at radius 1 is 1.00 bits per heavy atom. The Morgan fingerprint density at radius 2 is 1.57 bits per heavy atom. The molecular formula is C13H8F6N2OS. The number of hydrogen-bond donors (Lipinski definition) is 1. The minimum Gasteiger partial charge on any atom is -0.302 e. The van der Waals surface area contributed by atoms with Crippen molar-refractivity contribution < 1.29 is 26.3 Å². The minimum atomic E-state index is -5.21. The lowest BCUT2D eigenvalue weighted by Gasteiger charge is -2.14. The van der Waals surface area contributed by atoms with Crippen LogP contribution in [-0.2, 0) is 12.4 Å². The minimum absolute atomic E-state index is 0.169. The van der Waals surface area contributed by atoms with E-state index in [0.29, 0.717) is 0 Å². The second kappa shape index (κ2) is 5.91. The van der Waals surface area contributed by atoms with Crippen LogP contribution in [-0.4, -0.2) is 16.2 Å². The predicted octanol–water partition coefficient (Wildman–Crippen LogP) is 4.20. The molecule has 0 unspecified atom stereocenters. The molecule has 0 saturated carbocycles. The van der Waals surface area contributed by atoms with E-state index in [1.54, 1.807) is 6.26 Å². The Balaban J connectivity index is 2.74. The zero-order valence-corrected chi connectivity index (χ0v) is 12.2. The van der Waals surface area contributed by atoms with Gasteiger partial charge in [-0.25, -0.2) is 4.98 Å². The highest BCUT2D eigenvalue weighted by molar-refractivity contribution is 7.98. The van der Waals surface area contributed by atoms with Gasteiger partial charge >= 0.3 is 12.4 Å². The number of halogens is 6. The van der Waals surface area contributed by atoms with E-state index in [4.69, 9.17) is 0 Å². The maximum Gasteiger partial charge on any atom is 0.449 e. The number of aromatic nitrogens is 2. The van der Waals surface area contributed by atoms with E-state index in [1.807, 2.05) is 0 Å². The average molecular weight is 354 g/mol. The van der Waals surface area contributed by atoms with Gasteiger partial charge in [-0.3, -0.25) is 4.79 Å². The lowest BCUT2D eigenvalue weighted by Crippen LogP contribution is -2.26. The molecule has 1 aromatic carbocycles. The van der Waals surface area contributed by atoms with Crippen molar-refractivity contribution in [1.29, 1.82) is 0 Å². The molecule has 10 heteroatoms. The molecule has 1 aromatic heterocycles. The summed E-state index contributed by atoms with van der Waals surface area (Å²) >= 11 is 1.32. The van der Waals surface area contributed by atoms with Crippen molar-refractivity contribution >= 4 is 11.8 Å². The molecule has 0 saturated heterocycles. The normalized spacial score (nSPS) is 12.5. The molecule has 0 aliphatic carbocycles. The first-order valence-electron chi connectivity index (χ1n) is 5.97. The van der Waals surface area contributed by atoms with Crippen LogP contribution in [0.5, 0.6) is 0 Å². The maximum absolute atomic E-state index is 13.0. The molecule has 124 valence electrons. The fraction of sp³-hybridized carbons (Fsp3) is 0.231. The Kier molecular flexibility index (Phi) is 4.47. The van der Waals surface area contributed by atoms with E-state index in [2.05, 4.69) is 4.98 Å². The van der Waals surface area contributed by atoms with Gasteiger partial charge in [-0.15, -0.1) is 11.8 Å². The van der Waals surface area contributed by atoms with Crippen molar-refractivity contribution in [3.05, 3.63) is 46.1 Å². The zero-order chi connectivity index (χ0) is 17.4. The van der Waals surface area contributed by atoms with Crippen LogP contribution < -0.4 is 5.56 Å². The lowest BCUT2D eigenvalue weighted by atomic mass is 10.0. The average Bonchev–Trinajstić information content (AvgIpc) is 2.44. The summed E-state index contributed by atoms with van der Waals surface area (Å²) in [6.45, 7) is 0. The fourth-order valence-corrected chi connectivity index (χ4v) is 2.25. The molecule has 0 amide bonds. The number of nitrogens with one attached hydrogen (secondary N) is 1. The summed E-state index contributed by atoms with van der Waals surface area (Å²) in [6, 6.07) is 5.36. The molecule has 23 heavy (non-hydrogen) atoms. The van der Waals surface area contributed by atoms with Crippen LogP contribution in [0.15, 0.2) is 34.0 Å². The molecule has 0 aliphatic rings. The van der Waals surface area contributed by atoms with Gasteiger partial charge in [-0.2, -0.15) is 26.3 Å². The molecule has 0 fully saturated rings. The van der Waals surface area contributed by atoms with Gasteiger partial charge in [-0.1, -0.05) is 12.1 Å². The van der Waals surface area contributed by atoms with Gasteiger partial charge in [0, 0.05) is 4.90 Å². The number of rotatable bonds is 2. The van der Waals surface area contributed by atoms with Crippen molar-refractivity contribution in [2.45, 2.75) is 17.2 Å². The largest absolute Gasteiger partial charge is 0.449 e. The van der Waals surface area contributed by atoms with E-state index >= 15 is 0 Å². The molecule has 0 spiro atoms. The molecule has 3 nitrogen and oxygen atoms in total. The van der Waals surface area contributed by atoms with E-state index in [9.17, 15) is 31.1 Å². The fourth-order valence-electron chi connectivity index (χ4n) is 1.84. The highest BCUT2D eigenvalue weighted by Crippen LogP contribution is 2.36. The first kappa shape index (κ1) is 17.4.